The normalized spacial score (nSPS) is 22.0. The van der Waals surface area contributed by atoms with Crippen molar-refractivity contribution < 1.29 is 38.8 Å². The minimum absolute atomic E-state index is 0.158. The highest BCUT2D eigenvalue weighted by molar-refractivity contribution is 7.92. The lowest BCUT2D eigenvalue weighted by Gasteiger charge is -2.40. The lowest BCUT2D eigenvalue weighted by molar-refractivity contribution is -0.0452. The van der Waals surface area contributed by atoms with E-state index < -0.39 is 66.2 Å². The molecule has 0 aromatic heterocycles. The number of rotatable bonds is 5. The van der Waals surface area contributed by atoms with Crippen LogP contribution in [0.3, 0.4) is 0 Å². The Bertz CT molecular complexity index is 1290. The molecule has 2 aromatic rings. The zero-order chi connectivity index (χ0) is 24.7. The van der Waals surface area contributed by atoms with Crippen LogP contribution in [0.5, 0.6) is 0 Å². The van der Waals surface area contributed by atoms with Gasteiger partial charge in [-0.3, -0.25) is 0 Å². The van der Waals surface area contributed by atoms with E-state index in [0.29, 0.717) is 0 Å². The third kappa shape index (κ3) is 4.60. The molecule has 0 heterocycles. The summed E-state index contributed by atoms with van der Waals surface area (Å²) in [7, 11) is -10.1. The summed E-state index contributed by atoms with van der Waals surface area (Å²) in [6.07, 6.45) is -1.69. The van der Waals surface area contributed by atoms with E-state index in [2.05, 4.69) is 0 Å². The van der Waals surface area contributed by atoms with Gasteiger partial charge in [-0.2, -0.15) is 18.4 Å². The predicted octanol–water partition coefficient (Wildman–Crippen LogP) is 3.89. The second-order valence-electron chi connectivity index (χ2n) is 7.60. The number of sulfone groups is 1. The summed E-state index contributed by atoms with van der Waals surface area (Å²) in [4.78, 5) is -0.292. The molecule has 33 heavy (non-hydrogen) atoms. The van der Waals surface area contributed by atoms with Crippen LogP contribution in [0, 0.1) is 23.0 Å². The van der Waals surface area contributed by atoms with Gasteiger partial charge in [-0.05, 0) is 68.1 Å². The summed E-state index contributed by atoms with van der Waals surface area (Å²) in [5.41, 5.74) is -5.89. The maximum Gasteiger partial charge on any atom is 0.511 e. The Hall–Kier alpha value is -2.56. The Morgan fingerprint density at radius 3 is 2.06 bits per heavy atom. The fourth-order valence-electron chi connectivity index (χ4n) is 3.95. The van der Waals surface area contributed by atoms with Crippen LogP contribution in [0.1, 0.15) is 36.8 Å². The fourth-order valence-corrected chi connectivity index (χ4v) is 6.92. The standard InChI is InChI=1S/C20H17F5N2O4S2/c21-14-3-6-18(22)17(11-14)19(32(28,29)16-4-1-13(12-26)2-5-16)9-7-15(8-10-19)27-33(30,31)20(23,24)25/h1-6,11,15,27H,7-10H2. The molecule has 0 unspecified atom stereocenters. The molecule has 6 nitrogen and oxygen atoms in total. The quantitative estimate of drug-likeness (QED) is 0.618. The predicted molar refractivity (Wildman–Crippen MR) is 107 cm³/mol. The van der Waals surface area contributed by atoms with Crippen molar-refractivity contribution in [3.8, 4) is 6.07 Å². The Labute approximate surface area is 187 Å². The van der Waals surface area contributed by atoms with Gasteiger partial charge < -0.3 is 0 Å². The van der Waals surface area contributed by atoms with E-state index in [9.17, 15) is 38.8 Å². The van der Waals surface area contributed by atoms with E-state index in [-0.39, 0.29) is 23.3 Å². The molecule has 2 aromatic carbocycles. The number of benzene rings is 2. The van der Waals surface area contributed by atoms with Crippen molar-refractivity contribution in [1.29, 1.82) is 5.26 Å². The first-order valence-electron chi connectivity index (χ1n) is 9.52. The van der Waals surface area contributed by atoms with Crippen LogP contribution in [0.2, 0.25) is 0 Å². The summed E-state index contributed by atoms with van der Waals surface area (Å²) in [6.45, 7) is 0. The van der Waals surface area contributed by atoms with Gasteiger partial charge >= 0.3 is 15.5 Å². The molecule has 0 spiro atoms. The number of halogens is 5. The number of nitrogens with one attached hydrogen (secondary N) is 1. The summed E-state index contributed by atoms with van der Waals surface area (Å²) in [5.74, 6) is -1.94. The highest BCUT2D eigenvalue weighted by Gasteiger charge is 2.52. The maximum atomic E-state index is 14.8. The molecule has 3 rings (SSSR count). The van der Waals surface area contributed by atoms with Crippen LogP contribution in [-0.2, 0) is 24.6 Å². The zero-order valence-electron chi connectivity index (χ0n) is 16.7. The lowest BCUT2D eigenvalue weighted by Crippen LogP contribution is -2.48. The molecule has 0 radical (unpaired) electrons. The van der Waals surface area contributed by atoms with E-state index in [1.54, 1.807) is 0 Å². The van der Waals surface area contributed by atoms with E-state index in [0.717, 1.165) is 30.3 Å². The molecule has 1 aliphatic rings. The third-order valence-electron chi connectivity index (χ3n) is 5.65. The van der Waals surface area contributed by atoms with E-state index >= 15 is 0 Å². The fraction of sp³-hybridized carbons (Fsp3) is 0.350. The maximum absolute atomic E-state index is 14.8. The van der Waals surface area contributed by atoms with Crippen LogP contribution < -0.4 is 4.72 Å². The molecule has 1 fully saturated rings. The van der Waals surface area contributed by atoms with Crippen molar-refractivity contribution in [2.45, 2.75) is 46.9 Å². The molecular formula is C20H17F5N2O4S2. The highest BCUT2D eigenvalue weighted by atomic mass is 32.2. The Balaban J connectivity index is 2.06. The average molecular weight is 508 g/mol. The van der Waals surface area contributed by atoms with Crippen molar-refractivity contribution in [3.05, 3.63) is 65.2 Å². The monoisotopic (exact) mass is 508 g/mol. The largest absolute Gasteiger partial charge is 0.511 e. The Kier molecular flexibility index (Phi) is 6.58. The van der Waals surface area contributed by atoms with Crippen molar-refractivity contribution in [1.82, 2.24) is 4.72 Å². The van der Waals surface area contributed by atoms with E-state index in [1.165, 1.54) is 16.9 Å². The average Bonchev–Trinajstić information content (AvgIpc) is 2.75. The Morgan fingerprint density at radius 1 is 0.970 bits per heavy atom. The van der Waals surface area contributed by atoms with Gasteiger partial charge in [-0.25, -0.2) is 30.3 Å². The third-order valence-corrected chi connectivity index (χ3v) is 9.45. The molecule has 0 atom stereocenters. The number of hydrogen-bond donors (Lipinski definition) is 1. The smallest absolute Gasteiger partial charge is 0.223 e. The van der Waals surface area contributed by atoms with Crippen LogP contribution in [0.4, 0.5) is 22.0 Å². The van der Waals surface area contributed by atoms with Crippen LogP contribution in [-0.4, -0.2) is 28.4 Å². The molecule has 1 N–H and O–H groups in total. The van der Waals surface area contributed by atoms with Gasteiger partial charge in [0.2, 0.25) is 0 Å². The molecule has 178 valence electrons. The van der Waals surface area contributed by atoms with Crippen molar-refractivity contribution in [2.24, 2.45) is 0 Å². The molecular weight excluding hydrogens is 491 g/mol. The van der Waals surface area contributed by atoms with Crippen LogP contribution >= 0.6 is 0 Å². The zero-order valence-corrected chi connectivity index (χ0v) is 18.4. The first-order chi connectivity index (χ1) is 15.2. The summed E-state index contributed by atoms with van der Waals surface area (Å²) in [5, 5.41) is 8.93. The SMILES string of the molecule is N#Cc1ccc(S(=O)(=O)C2(c3cc(F)ccc3F)CCC(NS(=O)(=O)C(F)(F)F)CC2)cc1. The van der Waals surface area contributed by atoms with E-state index in [1.807, 2.05) is 6.07 Å². The Morgan fingerprint density at radius 2 is 1.55 bits per heavy atom. The minimum atomic E-state index is -5.67. The van der Waals surface area contributed by atoms with Gasteiger partial charge in [0.15, 0.2) is 9.84 Å². The molecule has 0 saturated heterocycles. The van der Waals surface area contributed by atoms with Gasteiger partial charge in [0.1, 0.15) is 16.4 Å². The first kappa shape index (κ1) is 25.1. The summed E-state index contributed by atoms with van der Waals surface area (Å²) >= 11 is 0. The molecule has 1 saturated carbocycles. The minimum Gasteiger partial charge on any atom is -0.223 e. The van der Waals surface area contributed by atoms with Crippen LogP contribution in [0.25, 0.3) is 0 Å². The van der Waals surface area contributed by atoms with Crippen LogP contribution in [0.15, 0.2) is 47.4 Å². The van der Waals surface area contributed by atoms with Gasteiger partial charge in [0, 0.05) is 11.6 Å². The summed E-state index contributed by atoms with van der Waals surface area (Å²) in [6, 6.07) is 7.55. The van der Waals surface area contributed by atoms with Gasteiger partial charge in [0.25, 0.3) is 0 Å². The molecule has 13 heteroatoms. The number of hydrogen-bond acceptors (Lipinski definition) is 5. The first-order valence-corrected chi connectivity index (χ1v) is 12.5. The van der Waals surface area contributed by atoms with Crippen molar-refractivity contribution >= 4 is 19.9 Å². The second kappa shape index (κ2) is 8.66. The number of sulfonamides is 1. The number of alkyl halides is 3. The number of nitrogens with zero attached hydrogens (tertiary/aromatic N) is 1. The van der Waals surface area contributed by atoms with Gasteiger partial charge in [-0.15, -0.1) is 0 Å². The molecule has 0 bridgehead atoms. The van der Waals surface area contributed by atoms with Gasteiger partial charge in [0.05, 0.1) is 16.5 Å². The van der Waals surface area contributed by atoms with Crippen molar-refractivity contribution in [2.75, 3.05) is 0 Å². The van der Waals surface area contributed by atoms with Gasteiger partial charge in [-0.1, -0.05) is 0 Å². The number of nitriles is 1. The molecule has 0 amide bonds. The topological polar surface area (TPSA) is 104 Å². The molecule has 1 aliphatic carbocycles. The molecule has 0 aliphatic heterocycles. The van der Waals surface area contributed by atoms with Crippen molar-refractivity contribution in [3.63, 3.8) is 0 Å². The van der Waals surface area contributed by atoms with E-state index in [4.69, 9.17) is 5.26 Å². The summed E-state index contributed by atoms with van der Waals surface area (Å²) < 4.78 is 116. The lowest BCUT2D eigenvalue weighted by atomic mass is 9.80. The second-order valence-corrected chi connectivity index (χ2v) is 11.6. The highest BCUT2D eigenvalue weighted by Crippen LogP contribution is 2.48.